The first-order chi connectivity index (χ1) is 8.88. The summed E-state index contributed by atoms with van der Waals surface area (Å²) in [5.41, 5.74) is 5.11. The summed E-state index contributed by atoms with van der Waals surface area (Å²) >= 11 is 0. The van der Waals surface area contributed by atoms with Gasteiger partial charge in [0.2, 0.25) is 11.7 Å². The summed E-state index contributed by atoms with van der Waals surface area (Å²) in [6.07, 6.45) is -2.79. The summed E-state index contributed by atoms with van der Waals surface area (Å²) in [5, 5.41) is 3.74. The van der Waals surface area contributed by atoms with E-state index in [1.54, 1.807) is 0 Å². The second-order valence-corrected chi connectivity index (χ2v) is 4.65. The fraction of sp³-hybridized carbons (Fsp3) is 0.333. The fourth-order valence-corrected chi connectivity index (χ4v) is 1.70. The average molecular weight is 269 g/mol. The monoisotopic (exact) mass is 269 g/mol. The minimum Gasteiger partial charge on any atom is -0.337 e. The summed E-state index contributed by atoms with van der Waals surface area (Å²) in [5.74, 6) is 0.586. The molecular weight excluding hydrogens is 259 g/mol. The zero-order valence-electron chi connectivity index (χ0n) is 9.74. The molecule has 4 nitrogen and oxygen atoms in total. The van der Waals surface area contributed by atoms with Gasteiger partial charge in [0.1, 0.15) is 0 Å². The maximum Gasteiger partial charge on any atom is 0.416 e. The van der Waals surface area contributed by atoms with Gasteiger partial charge in [-0.25, -0.2) is 0 Å². The van der Waals surface area contributed by atoms with Crippen LogP contribution in [0.4, 0.5) is 13.2 Å². The van der Waals surface area contributed by atoms with Crippen LogP contribution in [0, 0.1) is 0 Å². The van der Waals surface area contributed by atoms with E-state index in [0.717, 1.165) is 25.0 Å². The molecule has 19 heavy (non-hydrogen) atoms. The molecule has 2 aromatic rings. The Hall–Kier alpha value is -1.89. The van der Waals surface area contributed by atoms with Gasteiger partial charge in [0.15, 0.2) is 0 Å². The van der Waals surface area contributed by atoms with Crippen LogP contribution in [0.25, 0.3) is 11.4 Å². The minimum absolute atomic E-state index is 0.250. The number of hydrogen-bond acceptors (Lipinski definition) is 4. The van der Waals surface area contributed by atoms with E-state index in [1.165, 1.54) is 12.1 Å². The second kappa shape index (κ2) is 3.80. The Morgan fingerprint density at radius 1 is 1.16 bits per heavy atom. The number of aromatic nitrogens is 2. The molecule has 0 spiro atoms. The van der Waals surface area contributed by atoms with Crippen molar-refractivity contribution in [2.24, 2.45) is 5.73 Å². The third kappa shape index (κ3) is 2.21. The lowest BCUT2D eigenvalue weighted by atomic mass is 10.1. The molecule has 3 rings (SSSR count). The summed E-state index contributed by atoms with van der Waals surface area (Å²) in [7, 11) is 0. The molecule has 7 heteroatoms. The molecule has 1 aliphatic rings. The highest BCUT2D eigenvalue weighted by atomic mass is 19.4. The quantitative estimate of drug-likeness (QED) is 0.910. The second-order valence-electron chi connectivity index (χ2n) is 4.65. The third-order valence-corrected chi connectivity index (χ3v) is 3.11. The SMILES string of the molecule is NC1(c2nc(-c3ccc(C(F)(F)F)cc3)no2)CC1. The molecule has 100 valence electrons. The van der Waals surface area contributed by atoms with Crippen LogP contribution < -0.4 is 5.73 Å². The van der Waals surface area contributed by atoms with Gasteiger partial charge >= 0.3 is 6.18 Å². The van der Waals surface area contributed by atoms with Crippen molar-refractivity contribution in [3.63, 3.8) is 0 Å². The molecule has 0 radical (unpaired) electrons. The molecule has 0 amide bonds. The number of halogens is 3. The molecule has 1 aromatic carbocycles. The van der Waals surface area contributed by atoms with Crippen molar-refractivity contribution in [3.05, 3.63) is 35.7 Å². The molecule has 0 unspecified atom stereocenters. The molecular formula is C12H10F3N3O. The zero-order chi connectivity index (χ0) is 13.7. The molecule has 0 saturated heterocycles. The Labute approximate surface area is 106 Å². The van der Waals surface area contributed by atoms with Crippen molar-refractivity contribution >= 4 is 0 Å². The zero-order valence-corrected chi connectivity index (χ0v) is 9.74. The van der Waals surface area contributed by atoms with Crippen LogP contribution in [0.5, 0.6) is 0 Å². The largest absolute Gasteiger partial charge is 0.416 e. The number of rotatable bonds is 2. The molecule has 1 saturated carbocycles. The average Bonchev–Trinajstić information content (AvgIpc) is 2.93. The van der Waals surface area contributed by atoms with Gasteiger partial charge in [-0.05, 0) is 25.0 Å². The smallest absolute Gasteiger partial charge is 0.337 e. The topological polar surface area (TPSA) is 64.9 Å². The summed E-state index contributed by atoms with van der Waals surface area (Å²) in [4.78, 5) is 4.12. The Kier molecular flexibility index (Phi) is 2.43. The van der Waals surface area contributed by atoms with E-state index in [2.05, 4.69) is 10.1 Å². The molecule has 0 bridgehead atoms. The van der Waals surface area contributed by atoms with Gasteiger partial charge in [-0.1, -0.05) is 17.3 Å². The maximum atomic E-state index is 12.4. The van der Waals surface area contributed by atoms with E-state index in [1.807, 2.05) is 0 Å². The maximum absolute atomic E-state index is 12.4. The van der Waals surface area contributed by atoms with Crippen molar-refractivity contribution in [1.82, 2.24) is 10.1 Å². The van der Waals surface area contributed by atoms with Gasteiger partial charge in [-0.2, -0.15) is 18.2 Å². The van der Waals surface area contributed by atoms with E-state index >= 15 is 0 Å². The molecule has 1 fully saturated rings. The fourth-order valence-electron chi connectivity index (χ4n) is 1.70. The number of alkyl halides is 3. The van der Waals surface area contributed by atoms with Crippen LogP contribution in [0.3, 0.4) is 0 Å². The van der Waals surface area contributed by atoms with Gasteiger partial charge in [0.05, 0.1) is 11.1 Å². The van der Waals surface area contributed by atoms with E-state index in [0.29, 0.717) is 11.5 Å². The van der Waals surface area contributed by atoms with E-state index in [-0.39, 0.29) is 5.82 Å². The number of benzene rings is 1. The molecule has 1 aliphatic carbocycles. The number of nitrogens with two attached hydrogens (primary N) is 1. The molecule has 2 N–H and O–H groups in total. The molecule has 1 heterocycles. The molecule has 0 aliphatic heterocycles. The lowest BCUT2D eigenvalue weighted by Gasteiger charge is -2.05. The first-order valence-electron chi connectivity index (χ1n) is 5.69. The number of nitrogens with zero attached hydrogens (tertiary/aromatic N) is 2. The van der Waals surface area contributed by atoms with Gasteiger partial charge in [-0.3, -0.25) is 0 Å². The Balaban J connectivity index is 1.88. The van der Waals surface area contributed by atoms with Crippen molar-refractivity contribution < 1.29 is 17.7 Å². The highest BCUT2D eigenvalue weighted by molar-refractivity contribution is 5.55. The van der Waals surface area contributed by atoms with Crippen LogP contribution in [0.2, 0.25) is 0 Å². The normalized spacial score (nSPS) is 17.5. The van der Waals surface area contributed by atoms with E-state index < -0.39 is 17.3 Å². The lowest BCUT2D eigenvalue weighted by molar-refractivity contribution is -0.137. The third-order valence-electron chi connectivity index (χ3n) is 3.11. The van der Waals surface area contributed by atoms with E-state index in [9.17, 15) is 13.2 Å². The Morgan fingerprint density at radius 3 is 2.32 bits per heavy atom. The van der Waals surface area contributed by atoms with Gasteiger partial charge in [-0.15, -0.1) is 0 Å². The highest BCUT2D eigenvalue weighted by Crippen LogP contribution is 2.42. The Morgan fingerprint density at radius 2 is 1.79 bits per heavy atom. The standard InChI is InChI=1S/C12H10F3N3O/c13-12(14,15)8-3-1-7(2-4-8)9-17-10(19-18-9)11(16)5-6-11/h1-4H,5-6,16H2. The summed E-state index contributed by atoms with van der Waals surface area (Å²) in [6.45, 7) is 0. The first-order valence-corrected chi connectivity index (χ1v) is 5.69. The summed E-state index contributed by atoms with van der Waals surface area (Å²) in [6, 6.07) is 4.60. The van der Waals surface area contributed by atoms with Gasteiger partial charge < -0.3 is 10.3 Å². The van der Waals surface area contributed by atoms with Crippen LogP contribution in [0.1, 0.15) is 24.3 Å². The van der Waals surface area contributed by atoms with Gasteiger partial charge in [0.25, 0.3) is 0 Å². The van der Waals surface area contributed by atoms with Crippen molar-refractivity contribution in [3.8, 4) is 11.4 Å². The van der Waals surface area contributed by atoms with Crippen LogP contribution in [0.15, 0.2) is 28.8 Å². The van der Waals surface area contributed by atoms with Crippen molar-refractivity contribution in [2.45, 2.75) is 24.6 Å². The van der Waals surface area contributed by atoms with Crippen LogP contribution >= 0.6 is 0 Å². The summed E-state index contributed by atoms with van der Waals surface area (Å²) < 4.78 is 42.3. The van der Waals surface area contributed by atoms with Crippen molar-refractivity contribution in [2.75, 3.05) is 0 Å². The van der Waals surface area contributed by atoms with E-state index in [4.69, 9.17) is 10.3 Å². The first kappa shape index (κ1) is 12.2. The van der Waals surface area contributed by atoms with Gasteiger partial charge in [0, 0.05) is 5.56 Å². The minimum atomic E-state index is -4.35. The number of hydrogen-bond donors (Lipinski definition) is 1. The predicted octanol–water partition coefficient (Wildman–Crippen LogP) is 2.70. The highest BCUT2D eigenvalue weighted by Gasteiger charge is 2.45. The lowest BCUT2D eigenvalue weighted by Crippen LogP contribution is -2.18. The molecule has 1 aromatic heterocycles. The molecule has 0 atom stereocenters. The van der Waals surface area contributed by atoms with Crippen LogP contribution in [-0.4, -0.2) is 10.1 Å². The van der Waals surface area contributed by atoms with Crippen molar-refractivity contribution in [1.29, 1.82) is 0 Å². The predicted molar refractivity (Wildman–Crippen MR) is 59.8 cm³/mol. The van der Waals surface area contributed by atoms with Crippen LogP contribution in [-0.2, 0) is 11.7 Å². The Bertz CT molecular complexity index is 599.